The van der Waals surface area contributed by atoms with Crippen molar-refractivity contribution in [2.75, 3.05) is 11.9 Å². The molecule has 0 saturated heterocycles. The maximum atomic E-state index is 12.2. The molecule has 1 aromatic carbocycles. The Morgan fingerprint density at radius 3 is 2.68 bits per heavy atom. The zero-order valence-corrected chi connectivity index (χ0v) is 14.9. The zero-order valence-electron chi connectivity index (χ0n) is 14.9. The van der Waals surface area contributed by atoms with Crippen molar-refractivity contribution in [2.45, 2.75) is 6.54 Å². The lowest BCUT2D eigenvalue weighted by atomic mass is 10.2. The summed E-state index contributed by atoms with van der Waals surface area (Å²) in [6.45, 7) is 0.456. The van der Waals surface area contributed by atoms with Crippen molar-refractivity contribution in [3.63, 3.8) is 0 Å². The van der Waals surface area contributed by atoms with E-state index < -0.39 is 5.91 Å². The monoisotopic (exact) mass is 374 g/mol. The first kappa shape index (κ1) is 17.5. The number of rotatable bonds is 6. The van der Waals surface area contributed by atoms with Crippen molar-refractivity contribution < 1.29 is 9.59 Å². The Labute approximate surface area is 160 Å². The smallest absolute Gasteiger partial charge is 0.272 e. The van der Waals surface area contributed by atoms with Gasteiger partial charge in [0, 0.05) is 12.4 Å². The summed E-state index contributed by atoms with van der Waals surface area (Å²) in [5.74, 6) is -0.741. The number of hydrogen-bond acceptors (Lipinski definition) is 4. The molecule has 2 N–H and O–H groups in total. The van der Waals surface area contributed by atoms with Crippen LogP contribution in [0.4, 0.5) is 5.69 Å². The fraction of sp³-hybridized carbons (Fsp3) is 0.100. The molecule has 3 heterocycles. The molecule has 8 heteroatoms. The van der Waals surface area contributed by atoms with Crippen molar-refractivity contribution in [2.24, 2.45) is 0 Å². The van der Waals surface area contributed by atoms with Gasteiger partial charge in [-0.05, 0) is 23.8 Å². The highest BCUT2D eigenvalue weighted by atomic mass is 16.2. The second-order valence-electron chi connectivity index (χ2n) is 6.24. The highest BCUT2D eigenvalue weighted by molar-refractivity contribution is 5.98. The molecule has 0 spiro atoms. The molecule has 0 atom stereocenters. The number of fused-ring (bicyclic) bond motifs is 1. The number of benzene rings is 1. The molecule has 0 aliphatic heterocycles. The molecule has 0 saturated carbocycles. The third-order valence-electron chi connectivity index (χ3n) is 4.12. The summed E-state index contributed by atoms with van der Waals surface area (Å²) < 4.78 is 3.34. The average molecular weight is 374 g/mol. The van der Waals surface area contributed by atoms with Gasteiger partial charge in [-0.3, -0.25) is 14.3 Å². The largest absolute Gasteiger partial charge is 0.342 e. The summed E-state index contributed by atoms with van der Waals surface area (Å²) in [7, 11) is 0. The SMILES string of the molecule is O=C(CNC(=O)c1cc2ccccn2n1)Nc1cnn(Cc2ccccc2)c1. The summed E-state index contributed by atoms with van der Waals surface area (Å²) in [5.41, 5.74) is 2.75. The van der Waals surface area contributed by atoms with E-state index >= 15 is 0 Å². The molecule has 0 radical (unpaired) electrons. The Hall–Kier alpha value is -3.94. The second kappa shape index (κ2) is 7.75. The van der Waals surface area contributed by atoms with Crippen LogP contribution in [0.1, 0.15) is 16.1 Å². The van der Waals surface area contributed by atoms with Gasteiger partial charge in [-0.25, -0.2) is 4.52 Å². The molecule has 0 bridgehead atoms. The summed E-state index contributed by atoms with van der Waals surface area (Å²) in [5, 5.41) is 13.7. The molecule has 0 aliphatic carbocycles. The summed E-state index contributed by atoms with van der Waals surface area (Å²) >= 11 is 0. The molecule has 0 fully saturated rings. The predicted molar refractivity (Wildman–Crippen MR) is 104 cm³/mol. The van der Waals surface area contributed by atoms with Gasteiger partial charge in [0.25, 0.3) is 5.91 Å². The summed E-state index contributed by atoms with van der Waals surface area (Å²) in [6, 6.07) is 17.1. The highest BCUT2D eigenvalue weighted by Crippen LogP contribution is 2.08. The standard InChI is InChI=1S/C20H18N6O2/c27-19(12-21-20(28)18-10-17-8-4-5-9-26(17)24-18)23-16-11-22-25(14-16)13-15-6-2-1-3-7-15/h1-11,14H,12-13H2,(H,21,28)(H,23,27). The van der Waals surface area contributed by atoms with E-state index in [1.807, 2.05) is 48.5 Å². The van der Waals surface area contributed by atoms with Gasteiger partial charge in [0.15, 0.2) is 5.69 Å². The Kier molecular flexibility index (Phi) is 4.83. The van der Waals surface area contributed by atoms with Crippen LogP contribution in [-0.4, -0.2) is 37.8 Å². The molecular formula is C20H18N6O2. The predicted octanol–water partition coefficient (Wildman–Crippen LogP) is 1.95. The van der Waals surface area contributed by atoms with Crippen LogP contribution in [-0.2, 0) is 11.3 Å². The van der Waals surface area contributed by atoms with Crippen LogP contribution in [0.3, 0.4) is 0 Å². The molecule has 0 unspecified atom stereocenters. The second-order valence-corrected chi connectivity index (χ2v) is 6.24. The first-order chi connectivity index (χ1) is 13.7. The lowest BCUT2D eigenvalue weighted by molar-refractivity contribution is -0.115. The van der Waals surface area contributed by atoms with Crippen LogP contribution < -0.4 is 10.6 Å². The van der Waals surface area contributed by atoms with E-state index in [0.29, 0.717) is 12.2 Å². The van der Waals surface area contributed by atoms with Gasteiger partial charge in [0.2, 0.25) is 5.91 Å². The number of nitrogens with zero attached hydrogens (tertiary/aromatic N) is 4. The Morgan fingerprint density at radius 2 is 1.86 bits per heavy atom. The van der Waals surface area contributed by atoms with Crippen LogP contribution in [0.5, 0.6) is 0 Å². The van der Waals surface area contributed by atoms with E-state index in [0.717, 1.165) is 11.1 Å². The fourth-order valence-electron chi connectivity index (χ4n) is 2.79. The van der Waals surface area contributed by atoms with Crippen LogP contribution >= 0.6 is 0 Å². The van der Waals surface area contributed by atoms with Crippen LogP contribution in [0.2, 0.25) is 0 Å². The number of aromatic nitrogens is 4. The molecule has 2 amide bonds. The van der Waals surface area contributed by atoms with Gasteiger partial charge >= 0.3 is 0 Å². The first-order valence-corrected chi connectivity index (χ1v) is 8.76. The Morgan fingerprint density at radius 1 is 1.04 bits per heavy atom. The fourth-order valence-corrected chi connectivity index (χ4v) is 2.79. The first-order valence-electron chi connectivity index (χ1n) is 8.76. The number of hydrogen-bond donors (Lipinski definition) is 2. The molecule has 4 rings (SSSR count). The van der Waals surface area contributed by atoms with Gasteiger partial charge in [-0.1, -0.05) is 36.4 Å². The maximum absolute atomic E-state index is 12.2. The van der Waals surface area contributed by atoms with Crippen molar-refractivity contribution in [1.29, 1.82) is 0 Å². The minimum Gasteiger partial charge on any atom is -0.342 e. The molecule has 3 aromatic heterocycles. The number of pyridine rings is 1. The summed E-state index contributed by atoms with van der Waals surface area (Å²) in [6.07, 6.45) is 5.07. The number of nitrogens with one attached hydrogen (secondary N) is 2. The van der Waals surface area contributed by atoms with E-state index in [9.17, 15) is 9.59 Å². The van der Waals surface area contributed by atoms with E-state index in [1.54, 1.807) is 33.9 Å². The quantitative estimate of drug-likeness (QED) is 0.539. The van der Waals surface area contributed by atoms with Gasteiger partial charge < -0.3 is 10.6 Å². The average Bonchev–Trinajstić information content (AvgIpc) is 3.33. The molecule has 28 heavy (non-hydrogen) atoms. The van der Waals surface area contributed by atoms with Gasteiger partial charge in [-0.15, -0.1) is 0 Å². The molecule has 4 aromatic rings. The minimum absolute atomic E-state index is 0.156. The van der Waals surface area contributed by atoms with Crippen molar-refractivity contribution in [1.82, 2.24) is 24.7 Å². The number of amides is 2. The number of carbonyl (C=O) groups is 2. The molecule has 140 valence electrons. The molecule has 0 aliphatic rings. The maximum Gasteiger partial charge on any atom is 0.272 e. The molecule has 8 nitrogen and oxygen atoms in total. The van der Waals surface area contributed by atoms with E-state index in [4.69, 9.17) is 0 Å². The van der Waals surface area contributed by atoms with Crippen LogP contribution in [0.15, 0.2) is 73.2 Å². The topological polar surface area (TPSA) is 93.3 Å². The van der Waals surface area contributed by atoms with Gasteiger partial charge in [0.1, 0.15) is 0 Å². The third-order valence-corrected chi connectivity index (χ3v) is 4.12. The Balaban J connectivity index is 1.30. The minimum atomic E-state index is -0.404. The third kappa shape index (κ3) is 4.07. The van der Waals surface area contributed by atoms with E-state index in [-0.39, 0.29) is 18.1 Å². The van der Waals surface area contributed by atoms with Crippen LogP contribution in [0, 0.1) is 0 Å². The van der Waals surface area contributed by atoms with Gasteiger partial charge in [0.05, 0.1) is 30.5 Å². The summed E-state index contributed by atoms with van der Waals surface area (Å²) in [4.78, 5) is 24.3. The molecular weight excluding hydrogens is 356 g/mol. The number of anilines is 1. The van der Waals surface area contributed by atoms with Crippen molar-refractivity contribution in [3.05, 3.63) is 84.4 Å². The number of carbonyl (C=O) groups excluding carboxylic acids is 2. The highest BCUT2D eigenvalue weighted by Gasteiger charge is 2.12. The van der Waals surface area contributed by atoms with Gasteiger partial charge in [-0.2, -0.15) is 10.2 Å². The van der Waals surface area contributed by atoms with Crippen LogP contribution in [0.25, 0.3) is 5.52 Å². The lowest BCUT2D eigenvalue weighted by Gasteiger charge is -2.04. The normalized spacial score (nSPS) is 10.7. The van der Waals surface area contributed by atoms with Crippen molar-refractivity contribution in [3.8, 4) is 0 Å². The Bertz CT molecular complexity index is 1080. The van der Waals surface area contributed by atoms with Crippen molar-refractivity contribution >= 4 is 23.0 Å². The van der Waals surface area contributed by atoms with E-state index in [1.165, 1.54) is 0 Å². The zero-order chi connectivity index (χ0) is 19.3. The van der Waals surface area contributed by atoms with E-state index in [2.05, 4.69) is 20.8 Å². The lowest BCUT2D eigenvalue weighted by Crippen LogP contribution is -2.33.